The quantitative estimate of drug-likeness (QED) is 0.489. The lowest BCUT2D eigenvalue weighted by atomic mass is 10.2. The summed E-state index contributed by atoms with van der Waals surface area (Å²) in [5, 5.41) is 3.29. The SMILES string of the molecule is CCCC/C=C/CCCC1=NCCN1. The lowest BCUT2D eigenvalue weighted by molar-refractivity contribution is 0.806. The van der Waals surface area contributed by atoms with Crippen LogP contribution < -0.4 is 5.32 Å². The van der Waals surface area contributed by atoms with Crippen molar-refractivity contribution in [2.24, 2.45) is 4.99 Å². The highest BCUT2D eigenvalue weighted by molar-refractivity contribution is 5.83. The molecule has 2 heteroatoms. The zero-order chi connectivity index (χ0) is 10.1. The summed E-state index contributed by atoms with van der Waals surface area (Å²) in [7, 11) is 0. The molecule has 0 saturated carbocycles. The van der Waals surface area contributed by atoms with Gasteiger partial charge in [-0.15, -0.1) is 0 Å². The molecule has 0 aromatic rings. The molecule has 0 aliphatic carbocycles. The lowest BCUT2D eigenvalue weighted by Gasteiger charge is -1.99. The molecule has 0 aromatic carbocycles. The molecule has 0 spiro atoms. The Bertz CT molecular complexity index is 194. The lowest BCUT2D eigenvalue weighted by Crippen LogP contribution is -2.17. The van der Waals surface area contributed by atoms with E-state index in [0.29, 0.717) is 0 Å². The highest BCUT2D eigenvalue weighted by atomic mass is 15.1. The van der Waals surface area contributed by atoms with Gasteiger partial charge >= 0.3 is 0 Å². The molecule has 0 bridgehead atoms. The number of hydrogen-bond acceptors (Lipinski definition) is 2. The molecular weight excluding hydrogens is 172 g/mol. The normalized spacial score (nSPS) is 15.9. The van der Waals surface area contributed by atoms with Crippen LogP contribution in [0.15, 0.2) is 17.1 Å². The number of nitrogens with zero attached hydrogens (tertiary/aromatic N) is 1. The molecule has 0 aromatic heterocycles. The van der Waals surface area contributed by atoms with E-state index < -0.39 is 0 Å². The van der Waals surface area contributed by atoms with Crippen LogP contribution in [0.25, 0.3) is 0 Å². The second-order valence-electron chi connectivity index (χ2n) is 3.76. The Balaban J connectivity index is 1.90. The van der Waals surface area contributed by atoms with Crippen LogP contribution in [0.4, 0.5) is 0 Å². The van der Waals surface area contributed by atoms with Gasteiger partial charge in [0.15, 0.2) is 0 Å². The Morgan fingerprint density at radius 2 is 2.07 bits per heavy atom. The maximum absolute atomic E-state index is 4.36. The van der Waals surface area contributed by atoms with Gasteiger partial charge < -0.3 is 5.32 Å². The third-order valence-corrected chi connectivity index (χ3v) is 2.42. The average molecular weight is 194 g/mol. The van der Waals surface area contributed by atoms with Gasteiger partial charge in [-0.2, -0.15) is 0 Å². The molecule has 1 aliphatic rings. The molecule has 0 fully saturated rings. The summed E-state index contributed by atoms with van der Waals surface area (Å²) < 4.78 is 0. The van der Waals surface area contributed by atoms with E-state index in [1.807, 2.05) is 0 Å². The van der Waals surface area contributed by atoms with Crippen molar-refractivity contribution in [3.05, 3.63) is 12.2 Å². The van der Waals surface area contributed by atoms with Gasteiger partial charge in [0, 0.05) is 13.0 Å². The van der Waals surface area contributed by atoms with Crippen molar-refractivity contribution in [2.75, 3.05) is 13.1 Å². The third kappa shape index (κ3) is 5.05. The summed E-state index contributed by atoms with van der Waals surface area (Å²) in [5.41, 5.74) is 0. The predicted octanol–water partition coefficient (Wildman–Crippen LogP) is 2.90. The van der Waals surface area contributed by atoms with Crippen molar-refractivity contribution >= 4 is 5.84 Å². The van der Waals surface area contributed by atoms with Gasteiger partial charge in [-0.3, -0.25) is 4.99 Å². The summed E-state index contributed by atoms with van der Waals surface area (Å²) in [4.78, 5) is 4.36. The van der Waals surface area contributed by atoms with Crippen LogP contribution in [-0.4, -0.2) is 18.9 Å². The van der Waals surface area contributed by atoms with Crippen LogP contribution in [0.3, 0.4) is 0 Å². The number of amidine groups is 1. The molecule has 1 aliphatic heterocycles. The summed E-state index contributed by atoms with van der Waals surface area (Å²) in [6.07, 6.45) is 12.0. The molecular formula is C12H22N2. The van der Waals surface area contributed by atoms with Gasteiger partial charge in [0.25, 0.3) is 0 Å². The maximum atomic E-state index is 4.36. The Morgan fingerprint density at radius 1 is 1.29 bits per heavy atom. The van der Waals surface area contributed by atoms with Crippen molar-refractivity contribution < 1.29 is 0 Å². The van der Waals surface area contributed by atoms with E-state index in [2.05, 4.69) is 29.4 Å². The summed E-state index contributed by atoms with van der Waals surface area (Å²) in [6.45, 7) is 4.25. The van der Waals surface area contributed by atoms with E-state index in [1.54, 1.807) is 0 Å². The van der Waals surface area contributed by atoms with Crippen LogP contribution in [0.1, 0.15) is 45.4 Å². The highest BCUT2D eigenvalue weighted by Gasteiger charge is 2.02. The van der Waals surface area contributed by atoms with Crippen LogP contribution in [0.5, 0.6) is 0 Å². The molecule has 2 nitrogen and oxygen atoms in total. The number of rotatable bonds is 7. The molecule has 0 amide bonds. The van der Waals surface area contributed by atoms with E-state index in [-0.39, 0.29) is 0 Å². The van der Waals surface area contributed by atoms with Gasteiger partial charge in [-0.25, -0.2) is 0 Å². The molecule has 80 valence electrons. The van der Waals surface area contributed by atoms with E-state index in [1.165, 1.54) is 37.9 Å². The Hall–Kier alpha value is -0.790. The van der Waals surface area contributed by atoms with Gasteiger partial charge in [0.05, 0.1) is 12.4 Å². The number of aliphatic imine (C=N–C) groups is 1. The highest BCUT2D eigenvalue weighted by Crippen LogP contribution is 2.02. The zero-order valence-corrected chi connectivity index (χ0v) is 9.26. The topological polar surface area (TPSA) is 24.4 Å². The fourth-order valence-electron chi connectivity index (χ4n) is 1.56. The first-order chi connectivity index (χ1) is 6.93. The van der Waals surface area contributed by atoms with Crippen LogP contribution in [-0.2, 0) is 0 Å². The minimum atomic E-state index is 0.974. The van der Waals surface area contributed by atoms with E-state index in [9.17, 15) is 0 Å². The van der Waals surface area contributed by atoms with Gasteiger partial charge in [0.2, 0.25) is 0 Å². The fourth-order valence-corrected chi connectivity index (χ4v) is 1.56. The van der Waals surface area contributed by atoms with Crippen molar-refractivity contribution in [2.45, 2.75) is 45.4 Å². The molecule has 1 heterocycles. The molecule has 1 N–H and O–H groups in total. The average Bonchev–Trinajstić information content (AvgIpc) is 2.69. The van der Waals surface area contributed by atoms with Crippen LogP contribution in [0.2, 0.25) is 0 Å². The van der Waals surface area contributed by atoms with E-state index in [4.69, 9.17) is 0 Å². The third-order valence-electron chi connectivity index (χ3n) is 2.42. The molecule has 0 unspecified atom stereocenters. The first kappa shape index (κ1) is 11.3. The molecule has 1 rings (SSSR count). The smallest absolute Gasteiger partial charge is 0.0964 e. The van der Waals surface area contributed by atoms with E-state index in [0.717, 1.165) is 19.5 Å². The number of allylic oxidation sites excluding steroid dienone is 2. The maximum Gasteiger partial charge on any atom is 0.0964 e. The minimum Gasteiger partial charge on any atom is -0.372 e. The van der Waals surface area contributed by atoms with Crippen molar-refractivity contribution in [1.82, 2.24) is 5.32 Å². The summed E-state index contributed by atoms with van der Waals surface area (Å²) in [6, 6.07) is 0. The number of hydrogen-bond donors (Lipinski definition) is 1. The largest absolute Gasteiger partial charge is 0.372 e. The minimum absolute atomic E-state index is 0.974. The van der Waals surface area contributed by atoms with E-state index >= 15 is 0 Å². The van der Waals surface area contributed by atoms with Crippen molar-refractivity contribution in [3.63, 3.8) is 0 Å². The zero-order valence-electron chi connectivity index (χ0n) is 9.26. The summed E-state index contributed by atoms with van der Waals surface area (Å²) >= 11 is 0. The Morgan fingerprint density at radius 3 is 2.71 bits per heavy atom. The van der Waals surface area contributed by atoms with Crippen molar-refractivity contribution in [1.29, 1.82) is 0 Å². The van der Waals surface area contributed by atoms with Gasteiger partial charge in [-0.1, -0.05) is 31.9 Å². The number of nitrogens with one attached hydrogen (secondary N) is 1. The molecule has 14 heavy (non-hydrogen) atoms. The van der Waals surface area contributed by atoms with Crippen molar-refractivity contribution in [3.8, 4) is 0 Å². The molecule has 0 atom stereocenters. The predicted molar refractivity (Wildman–Crippen MR) is 62.8 cm³/mol. The summed E-state index contributed by atoms with van der Waals surface area (Å²) in [5.74, 6) is 1.21. The first-order valence-electron chi connectivity index (χ1n) is 5.85. The second-order valence-corrected chi connectivity index (χ2v) is 3.76. The Labute approximate surface area is 87.5 Å². The second kappa shape index (κ2) is 7.60. The van der Waals surface area contributed by atoms with Gasteiger partial charge in [-0.05, 0) is 19.3 Å². The number of unbranched alkanes of at least 4 members (excludes halogenated alkanes) is 3. The fraction of sp³-hybridized carbons (Fsp3) is 0.750. The Kier molecular flexibility index (Phi) is 6.13. The molecule has 0 saturated heterocycles. The van der Waals surface area contributed by atoms with Crippen LogP contribution >= 0.6 is 0 Å². The van der Waals surface area contributed by atoms with Gasteiger partial charge in [0.1, 0.15) is 0 Å². The first-order valence-corrected chi connectivity index (χ1v) is 5.85. The monoisotopic (exact) mass is 194 g/mol. The molecule has 0 radical (unpaired) electrons. The standard InChI is InChI=1S/C12H22N2/c1-2-3-4-5-6-7-8-9-12-13-10-11-14-12/h5-6H,2-4,7-11H2,1H3,(H,13,14)/b6-5+. The van der Waals surface area contributed by atoms with Crippen LogP contribution in [0, 0.1) is 0 Å².